The number of hydrogen-bond acceptors (Lipinski definition) is 4. The quantitative estimate of drug-likeness (QED) is 0.639. The molecule has 116 valence electrons. The lowest BCUT2D eigenvalue weighted by Crippen LogP contribution is -2.28. The van der Waals surface area contributed by atoms with Crippen molar-refractivity contribution < 1.29 is 9.72 Å². The first-order valence-corrected chi connectivity index (χ1v) is 7.38. The highest BCUT2D eigenvalue weighted by Gasteiger charge is 2.24. The second kappa shape index (κ2) is 6.44. The molecule has 0 aromatic heterocycles. The van der Waals surface area contributed by atoms with Gasteiger partial charge in [0.2, 0.25) is 0 Å². The summed E-state index contributed by atoms with van der Waals surface area (Å²) in [5.74, 6) is 0.0673. The van der Waals surface area contributed by atoms with Crippen LogP contribution in [-0.2, 0) is 11.3 Å². The van der Waals surface area contributed by atoms with Crippen LogP contribution in [-0.4, -0.2) is 15.6 Å². The van der Waals surface area contributed by atoms with Crippen LogP contribution in [0.25, 0.3) is 0 Å². The number of nitro groups is 1. The zero-order valence-electron chi connectivity index (χ0n) is 12.5. The molecule has 1 aliphatic rings. The molecule has 0 N–H and O–H groups in total. The molecule has 1 aliphatic heterocycles. The highest BCUT2D eigenvalue weighted by Crippen LogP contribution is 2.30. The summed E-state index contributed by atoms with van der Waals surface area (Å²) in [6, 6.07) is 16.3. The van der Waals surface area contributed by atoms with Crippen molar-refractivity contribution in [2.24, 2.45) is 0 Å². The van der Waals surface area contributed by atoms with Gasteiger partial charge in [-0.3, -0.25) is 14.9 Å². The number of carbonyl (C=O) groups is 1. The second-order valence-corrected chi connectivity index (χ2v) is 5.51. The molecule has 5 heteroatoms. The first-order chi connectivity index (χ1) is 11.1. The molecule has 0 aliphatic carbocycles. The lowest BCUT2D eigenvalue weighted by Gasteiger charge is -2.33. The van der Waals surface area contributed by atoms with Crippen LogP contribution in [0.1, 0.15) is 23.6 Å². The molecule has 23 heavy (non-hydrogen) atoms. The molecule has 0 spiro atoms. The Labute approximate surface area is 134 Å². The van der Waals surface area contributed by atoms with Gasteiger partial charge in [-0.15, -0.1) is 0 Å². The van der Waals surface area contributed by atoms with Gasteiger partial charge in [-0.25, -0.2) is 0 Å². The summed E-state index contributed by atoms with van der Waals surface area (Å²) in [5.41, 5.74) is 2.11. The minimum absolute atomic E-state index is 0.0565. The smallest absolute Gasteiger partial charge is 0.269 e. The maximum Gasteiger partial charge on any atom is 0.269 e. The van der Waals surface area contributed by atoms with Crippen LogP contribution < -0.4 is 0 Å². The van der Waals surface area contributed by atoms with Crippen molar-refractivity contribution in [3.63, 3.8) is 0 Å². The van der Waals surface area contributed by atoms with Gasteiger partial charge in [-0.2, -0.15) is 0 Å². The fraction of sp³-hybridized carbons (Fsp3) is 0.167. The van der Waals surface area contributed by atoms with Gasteiger partial charge in [0.1, 0.15) is 0 Å². The van der Waals surface area contributed by atoms with Crippen molar-refractivity contribution in [1.82, 2.24) is 4.90 Å². The van der Waals surface area contributed by atoms with E-state index in [2.05, 4.69) is 4.90 Å². The van der Waals surface area contributed by atoms with Crippen molar-refractivity contribution in [2.75, 3.05) is 0 Å². The molecule has 2 aromatic rings. The lowest BCUT2D eigenvalue weighted by atomic mass is 9.96. The maximum atomic E-state index is 11.8. The topological polar surface area (TPSA) is 63.5 Å². The highest BCUT2D eigenvalue weighted by molar-refractivity contribution is 5.90. The van der Waals surface area contributed by atoms with Crippen LogP contribution in [0.4, 0.5) is 5.69 Å². The Hall–Kier alpha value is -2.95. The number of nitrogens with zero attached hydrogens (tertiary/aromatic N) is 2. The van der Waals surface area contributed by atoms with Gasteiger partial charge < -0.3 is 4.90 Å². The number of non-ortho nitro benzene ring substituents is 1. The predicted molar refractivity (Wildman–Crippen MR) is 86.6 cm³/mol. The Morgan fingerprint density at radius 3 is 2.43 bits per heavy atom. The highest BCUT2D eigenvalue weighted by atomic mass is 16.6. The van der Waals surface area contributed by atoms with Crippen molar-refractivity contribution in [3.05, 3.63) is 88.1 Å². The van der Waals surface area contributed by atoms with E-state index < -0.39 is 4.92 Å². The van der Waals surface area contributed by atoms with Gasteiger partial charge in [0, 0.05) is 31.3 Å². The largest absolute Gasteiger partial charge is 0.366 e. The van der Waals surface area contributed by atoms with Crippen LogP contribution in [0.15, 0.2) is 66.9 Å². The van der Waals surface area contributed by atoms with E-state index in [9.17, 15) is 14.9 Å². The zero-order chi connectivity index (χ0) is 16.2. The van der Waals surface area contributed by atoms with Crippen LogP contribution in [0.5, 0.6) is 0 Å². The molecular weight excluding hydrogens is 292 g/mol. The SMILES string of the molecule is O=C1C=CN(Cc2ccccc2)C(c2ccc([N+](=O)[O-])cc2)C1. The third kappa shape index (κ3) is 3.45. The van der Waals surface area contributed by atoms with Crippen LogP contribution >= 0.6 is 0 Å². The molecule has 0 radical (unpaired) electrons. The summed E-state index contributed by atoms with van der Waals surface area (Å²) in [6.45, 7) is 0.687. The van der Waals surface area contributed by atoms with E-state index in [1.54, 1.807) is 18.2 Å². The number of carbonyl (C=O) groups excluding carboxylic acids is 1. The Morgan fingerprint density at radius 2 is 1.78 bits per heavy atom. The average molecular weight is 308 g/mol. The molecule has 0 amide bonds. The Morgan fingerprint density at radius 1 is 1.09 bits per heavy atom. The van der Waals surface area contributed by atoms with E-state index in [0.29, 0.717) is 13.0 Å². The summed E-state index contributed by atoms with van der Waals surface area (Å²) in [6.07, 6.45) is 3.77. The lowest BCUT2D eigenvalue weighted by molar-refractivity contribution is -0.384. The number of allylic oxidation sites excluding steroid dienone is 1. The van der Waals surface area contributed by atoms with Crippen LogP contribution in [0.2, 0.25) is 0 Å². The number of nitro benzene ring substituents is 1. The minimum atomic E-state index is -0.419. The van der Waals surface area contributed by atoms with Gasteiger partial charge >= 0.3 is 0 Å². The van der Waals surface area contributed by atoms with E-state index in [0.717, 1.165) is 11.1 Å². The Balaban J connectivity index is 1.86. The molecule has 1 heterocycles. The van der Waals surface area contributed by atoms with E-state index in [1.165, 1.54) is 12.1 Å². The van der Waals surface area contributed by atoms with Gasteiger partial charge in [0.25, 0.3) is 5.69 Å². The van der Waals surface area contributed by atoms with Gasteiger partial charge in [0.15, 0.2) is 5.78 Å². The van der Waals surface area contributed by atoms with Crippen molar-refractivity contribution >= 4 is 11.5 Å². The number of hydrogen-bond donors (Lipinski definition) is 0. The van der Waals surface area contributed by atoms with E-state index in [-0.39, 0.29) is 17.5 Å². The first kappa shape index (κ1) is 15.0. The second-order valence-electron chi connectivity index (χ2n) is 5.51. The number of rotatable bonds is 4. The van der Waals surface area contributed by atoms with Crippen molar-refractivity contribution in [1.29, 1.82) is 0 Å². The van der Waals surface area contributed by atoms with Crippen molar-refractivity contribution in [2.45, 2.75) is 19.0 Å². The molecule has 0 saturated carbocycles. The summed E-state index contributed by atoms with van der Waals surface area (Å²) in [7, 11) is 0. The van der Waals surface area contributed by atoms with Crippen LogP contribution in [0, 0.1) is 10.1 Å². The van der Waals surface area contributed by atoms with E-state index in [1.807, 2.05) is 36.5 Å². The molecule has 5 nitrogen and oxygen atoms in total. The summed E-state index contributed by atoms with van der Waals surface area (Å²) in [4.78, 5) is 24.3. The van der Waals surface area contributed by atoms with Gasteiger partial charge in [0.05, 0.1) is 11.0 Å². The normalized spacial score (nSPS) is 17.3. The number of ketones is 1. The van der Waals surface area contributed by atoms with Gasteiger partial charge in [-0.05, 0) is 17.2 Å². The summed E-state index contributed by atoms with van der Waals surface area (Å²) < 4.78 is 0. The molecule has 0 saturated heterocycles. The molecule has 0 bridgehead atoms. The fourth-order valence-electron chi connectivity index (χ4n) is 2.74. The molecule has 3 rings (SSSR count). The molecule has 2 aromatic carbocycles. The Bertz CT molecular complexity index is 739. The Kier molecular flexibility index (Phi) is 4.19. The minimum Gasteiger partial charge on any atom is -0.366 e. The molecule has 0 fully saturated rings. The molecule has 1 unspecified atom stereocenters. The monoisotopic (exact) mass is 308 g/mol. The third-order valence-electron chi connectivity index (χ3n) is 3.94. The molecule has 1 atom stereocenters. The maximum absolute atomic E-state index is 11.8. The van der Waals surface area contributed by atoms with Crippen molar-refractivity contribution in [3.8, 4) is 0 Å². The standard InChI is InChI=1S/C18H16N2O3/c21-17-10-11-19(13-14-4-2-1-3-5-14)18(12-17)15-6-8-16(9-7-15)20(22)23/h1-11,18H,12-13H2. The van der Waals surface area contributed by atoms with Gasteiger partial charge in [-0.1, -0.05) is 42.5 Å². The summed E-state index contributed by atoms with van der Waals surface area (Å²) in [5, 5.41) is 10.8. The van der Waals surface area contributed by atoms with E-state index in [4.69, 9.17) is 0 Å². The van der Waals surface area contributed by atoms with E-state index >= 15 is 0 Å². The zero-order valence-corrected chi connectivity index (χ0v) is 12.5. The first-order valence-electron chi connectivity index (χ1n) is 7.38. The predicted octanol–water partition coefficient (Wildman–Crippen LogP) is 3.62. The third-order valence-corrected chi connectivity index (χ3v) is 3.94. The number of benzene rings is 2. The van der Waals surface area contributed by atoms with Crippen LogP contribution in [0.3, 0.4) is 0 Å². The fourth-order valence-corrected chi connectivity index (χ4v) is 2.74. The average Bonchev–Trinajstić information content (AvgIpc) is 2.57. The molecular formula is C18H16N2O3. The summed E-state index contributed by atoms with van der Waals surface area (Å²) >= 11 is 0.